The molecule has 5 nitrogen and oxygen atoms in total. The molecule has 1 heterocycles. The zero-order valence-electron chi connectivity index (χ0n) is 16.5. The molecule has 0 spiro atoms. The van der Waals surface area contributed by atoms with Crippen molar-refractivity contribution in [1.82, 2.24) is 20.2 Å². The predicted octanol–water partition coefficient (Wildman–Crippen LogP) is 3.55. The van der Waals surface area contributed by atoms with Crippen LogP contribution in [0, 0.1) is 19.7 Å². The molecular formula is C22H26FN5. The van der Waals surface area contributed by atoms with Gasteiger partial charge in [-0.2, -0.15) is 0 Å². The average Bonchev–Trinajstić information content (AvgIpc) is 3.09. The van der Waals surface area contributed by atoms with Gasteiger partial charge in [0.05, 0.1) is 0 Å². The fourth-order valence-corrected chi connectivity index (χ4v) is 2.94. The van der Waals surface area contributed by atoms with E-state index in [0.29, 0.717) is 24.6 Å². The second-order valence-electron chi connectivity index (χ2n) is 6.79. The molecule has 2 N–H and O–H groups in total. The number of hydrogen-bond donors (Lipinski definition) is 2. The highest BCUT2D eigenvalue weighted by Gasteiger charge is 2.04. The molecule has 0 radical (unpaired) electrons. The summed E-state index contributed by atoms with van der Waals surface area (Å²) in [6.07, 6.45) is 3.80. The van der Waals surface area contributed by atoms with Gasteiger partial charge >= 0.3 is 0 Å². The Morgan fingerprint density at radius 1 is 1.04 bits per heavy atom. The Morgan fingerprint density at radius 3 is 2.39 bits per heavy atom. The van der Waals surface area contributed by atoms with Gasteiger partial charge in [0.15, 0.2) is 5.96 Å². The number of halogens is 1. The van der Waals surface area contributed by atoms with E-state index < -0.39 is 0 Å². The van der Waals surface area contributed by atoms with Crippen molar-refractivity contribution in [2.24, 2.45) is 4.99 Å². The Kier molecular flexibility index (Phi) is 6.42. The number of nitrogens with one attached hydrogen (secondary N) is 2. The molecule has 3 aromatic rings. The van der Waals surface area contributed by atoms with Crippen LogP contribution in [0.1, 0.15) is 28.1 Å². The van der Waals surface area contributed by atoms with Crippen LogP contribution in [0.25, 0.3) is 0 Å². The monoisotopic (exact) mass is 379 g/mol. The minimum Gasteiger partial charge on any atom is -0.352 e. The van der Waals surface area contributed by atoms with Gasteiger partial charge in [-0.1, -0.05) is 36.4 Å². The van der Waals surface area contributed by atoms with Crippen molar-refractivity contribution in [1.29, 1.82) is 0 Å². The van der Waals surface area contributed by atoms with E-state index in [2.05, 4.69) is 49.4 Å². The van der Waals surface area contributed by atoms with Crippen molar-refractivity contribution in [2.45, 2.75) is 33.5 Å². The van der Waals surface area contributed by atoms with Gasteiger partial charge in [-0.3, -0.25) is 4.99 Å². The first-order chi connectivity index (χ1) is 13.5. The van der Waals surface area contributed by atoms with E-state index in [1.54, 1.807) is 26.1 Å². The zero-order chi connectivity index (χ0) is 19.9. The summed E-state index contributed by atoms with van der Waals surface area (Å²) in [5.41, 5.74) is 3.92. The molecule has 2 aromatic carbocycles. The van der Waals surface area contributed by atoms with Gasteiger partial charge in [0.2, 0.25) is 0 Å². The highest BCUT2D eigenvalue weighted by atomic mass is 19.1. The lowest BCUT2D eigenvalue weighted by Crippen LogP contribution is -2.36. The van der Waals surface area contributed by atoms with Crippen LogP contribution in [0.2, 0.25) is 0 Å². The number of guanidine groups is 1. The van der Waals surface area contributed by atoms with Crippen LogP contribution in [-0.4, -0.2) is 22.6 Å². The number of benzene rings is 2. The average molecular weight is 379 g/mol. The molecule has 0 saturated carbocycles. The molecular weight excluding hydrogens is 353 g/mol. The van der Waals surface area contributed by atoms with E-state index >= 15 is 0 Å². The number of nitrogens with zero attached hydrogens (tertiary/aromatic N) is 3. The topological polar surface area (TPSA) is 54.2 Å². The summed E-state index contributed by atoms with van der Waals surface area (Å²) in [5, 5.41) is 6.53. The summed E-state index contributed by atoms with van der Waals surface area (Å²) in [4.78, 5) is 8.51. The van der Waals surface area contributed by atoms with Crippen molar-refractivity contribution in [2.75, 3.05) is 7.05 Å². The van der Waals surface area contributed by atoms with Gasteiger partial charge in [0.25, 0.3) is 0 Å². The van der Waals surface area contributed by atoms with E-state index in [1.807, 2.05) is 25.4 Å². The molecule has 0 aliphatic heterocycles. The largest absolute Gasteiger partial charge is 0.352 e. The lowest BCUT2D eigenvalue weighted by atomic mass is 10.1. The van der Waals surface area contributed by atoms with E-state index in [9.17, 15) is 4.39 Å². The molecule has 0 unspecified atom stereocenters. The molecule has 0 aliphatic rings. The maximum atomic E-state index is 13.7. The van der Waals surface area contributed by atoms with Crippen LogP contribution < -0.4 is 10.6 Å². The molecule has 1 aromatic heterocycles. The molecule has 28 heavy (non-hydrogen) atoms. The fourth-order valence-electron chi connectivity index (χ4n) is 2.94. The number of imidazole rings is 1. The Bertz CT molecular complexity index is 961. The van der Waals surface area contributed by atoms with Gasteiger partial charge in [0.1, 0.15) is 11.6 Å². The molecule has 0 bridgehead atoms. The second kappa shape index (κ2) is 9.17. The van der Waals surface area contributed by atoms with Crippen molar-refractivity contribution in [3.8, 4) is 0 Å². The van der Waals surface area contributed by atoms with Gasteiger partial charge in [-0.25, -0.2) is 9.37 Å². The third-order valence-electron chi connectivity index (χ3n) is 4.65. The highest BCUT2D eigenvalue weighted by molar-refractivity contribution is 5.79. The summed E-state index contributed by atoms with van der Waals surface area (Å²) < 4.78 is 15.8. The summed E-state index contributed by atoms with van der Waals surface area (Å²) in [5.74, 6) is 1.49. The molecule has 0 saturated heterocycles. The summed E-state index contributed by atoms with van der Waals surface area (Å²) in [7, 11) is 1.73. The lowest BCUT2D eigenvalue weighted by molar-refractivity contribution is 0.615. The summed E-state index contributed by atoms with van der Waals surface area (Å²) >= 11 is 0. The SMILES string of the molecule is CN=C(NCc1cccc(Cn2ccnc2C)c1)NCc1ccc(C)c(F)c1. The van der Waals surface area contributed by atoms with Crippen LogP contribution in [0.3, 0.4) is 0 Å². The molecule has 0 aliphatic carbocycles. The summed E-state index contributed by atoms with van der Waals surface area (Å²) in [6, 6.07) is 13.7. The Morgan fingerprint density at radius 2 is 1.75 bits per heavy atom. The number of hydrogen-bond acceptors (Lipinski definition) is 2. The van der Waals surface area contributed by atoms with Crippen LogP contribution in [0.5, 0.6) is 0 Å². The van der Waals surface area contributed by atoms with Crippen LogP contribution >= 0.6 is 0 Å². The Balaban J connectivity index is 1.55. The third-order valence-corrected chi connectivity index (χ3v) is 4.65. The Labute approximate surface area is 165 Å². The first-order valence-corrected chi connectivity index (χ1v) is 9.30. The number of rotatable bonds is 6. The highest BCUT2D eigenvalue weighted by Crippen LogP contribution is 2.10. The maximum Gasteiger partial charge on any atom is 0.191 e. The number of aliphatic imine (C=N–C) groups is 1. The van der Waals surface area contributed by atoms with Crippen LogP contribution in [0.4, 0.5) is 4.39 Å². The van der Waals surface area contributed by atoms with Crippen LogP contribution in [0.15, 0.2) is 59.9 Å². The van der Waals surface area contributed by atoms with Gasteiger partial charge in [-0.05, 0) is 42.2 Å². The Hall–Kier alpha value is -3.15. The van der Waals surface area contributed by atoms with Crippen LogP contribution in [-0.2, 0) is 19.6 Å². The van der Waals surface area contributed by atoms with Crippen molar-refractivity contribution < 1.29 is 4.39 Å². The maximum absolute atomic E-state index is 13.7. The second-order valence-corrected chi connectivity index (χ2v) is 6.79. The fraction of sp³-hybridized carbons (Fsp3) is 0.273. The normalized spacial score (nSPS) is 11.5. The first-order valence-electron chi connectivity index (χ1n) is 9.30. The van der Waals surface area contributed by atoms with E-state index in [1.165, 1.54) is 11.1 Å². The van der Waals surface area contributed by atoms with Gasteiger partial charge < -0.3 is 15.2 Å². The summed E-state index contributed by atoms with van der Waals surface area (Å²) in [6.45, 7) is 5.72. The van der Waals surface area contributed by atoms with E-state index in [4.69, 9.17) is 0 Å². The minimum atomic E-state index is -0.188. The van der Waals surface area contributed by atoms with Crippen molar-refractivity contribution in [3.63, 3.8) is 0 Å². The molecule has 0 amide bonds. The zero-order valence-corrected chi connectivity index (χ0v) is 16.5. The molecule has 3 rings (SSSR count). The quantitative estimate of drug-likeness (QED) is 0.509. The minimum absolute atomic E-state index is 0.188. The molecule has 0 fully saturated rings. The van der Waals surface area contributed by atoms with Gasteiger partial charge in [-0.15, -0.1) is 0 Å². The van der Waals surface area contributed by atoms with E-state index in [-0.39, 0.29) is 5.82 Å². The molecule has 146 valence electrons. The van der Waals surface area contributed by atoms with Crippen molar-refractivity contribution in [3.05, 3.63) is 88.8 Å². The lowest BCUT2D eigenvalue weighted by Gasteiger charge is -2.13. The number of aromatic nitrogens is 2. The standard InChI is InChI=1S/C22H26FN5/c1-16-7-8-19(12-21(16)23)14-27-22(24-3)26-13-18-5-4-6-20(11-18)15-28-10-9-25-17(28)2/h4-12H,13-15H2,1-3H3,(H2,24,26,27). The van der Waals surface area contributed by atoms with E-state index in [0.717, 1.165) is 17.9 Å². The molecule has 0 atom stereocenters. The van der Waals surface area contributed by atoms with Gasteiger partial charge in [0, 0.05) is 39.1 Å². The predicted molar refractivity (Wildman–Crippen MR) is 111 cm³/mol. The molecule has 6 heteroatoms. The number of aryl methyl sites for hydroxylation is 2. The van der Waals surface area contributed by atoms with Crippen molar-refractivity contribution >= 4 is 5.96 Å². The first kappa shape index (κ1) is 19.6. The third kappa shape index (κ3) is 5.19. The smallest absolute Gasteiger partial charge is 0.191 e.